The van der Waals surface area contributed by atoms with Crippen LogP contribution < -0.4 is 5.32 Å². The third kappa shape index (κ3) is 2.93. The molecule has 0 saturated carbocycles. The molecule has 0 aromatic carbocycles. The summed E-state index contributed by atoms with van der Waals surface area (Å²) in [6.45, 7) is 0.192. The van der Waals surface area contributed by atoms with Gasteiger partial charge >= 0.3 is 6.18 Å². The maximum Gasteiger partial charge on any atom is 0.433 e. The van der Waals surface area contributed by atoms with Crippen LogP contribution in [0.4, 0.5) is 13.2 Å². The Morgan fingerprint density at radius 1 is 1.53 bits per heavy atom. The van der Waals surface area contributed by atoms with Crippen molar-refractivity contribution in [1.29, 1.82) is 0 Å². The molecule has 0 aliphatic carbocycles. The Balaban J connectivity index is 2.80. The van der Waals surface area contributed by atoms with Crippen LogP contribution in [0.25, 0.3) is 0 Å². The molecule has 1 aromatic heterocycles. The van der Waals surface area contributed by atoms with E-state index in [1.165, 1.54) is 13.2 Å². The average Bonchev–Trinajstić information content (AvgIpc) is 2.47. The molecule has 4 nitrogen and oxygen atoms in total. The van der Waals surface area contributed by atoms with Gasteiger partial charge in [-0.1, -0.05) is 0 Å². The average molecular weight is 223 g/mol. The first kappa shape index (κ1) is 12.0. The van der Waals surface area contributed by atoms with Crippen LogP contribution in [-0.4, -0.2) is 28.0 Å². The predicted molar refractivity (Wildman–Crippen MR) is 47.0 cm³/mol. The summed E-state index contributed by atoms with van der Waals surface area (Å²) < 4.78 is 38.3. The zero-order valence-corrected chi connectivity index (χ0v) is 8.17. The fourth-order valence-electron chi connectivity index (χ4n) is 1.28. The van der Waals surface area contributed by atoms with Gasteiger partial charge in [0.1, 0.15) is 5.69 Å². The lowest BCUT2D eigenvalue weighted by molar-refractivity contribution is -0.144. The van der Waals surface area contributed by atoms with Crippen LogP contribution in [0.5, 0.6) is 0 Å². The third-order valence-electron chi connectivity index (χ3n) is 1.89. The highest BCUT2D eigenvalue weighted by molar-refractivity contribution is 5.20. The fraction of sp³-hybridized carbons (Fsp3) is 0.625. The first-order valence-electron chi connectivity index (χ1n) is 4.36. The van der Waals surface area contributed by atoms with Gasteiger partial charge in [-0.25, -0.2) is 0 Å². The lowest BCUT2D eigenvalue weighted by Gasteiger charge is -2.10. The first-order chi connectivity index (χ1) is 6.96. The highest BCUT2D eigenvalue weighted by atomic mass is 19.4. The molecule has 1 heterocycles. The second kappa shape index (κ2) is 4.63. The number of rotatable bonds is 4. The summed E-state index contributed by atoms with van der Waals surface area (Å²) in [7, 11) is 1.25. The number of hydrogen-bond acceptors (Lipinski definition) is 3. The van der Waals surface area contributed by atoms with Gasteiger partial charge < -0.3 is 10.4 Å². The van der Waals surface area contributed by atoms with Gasteiger partial charge in [-0.3, -0.25) is 4.68 Å². The lowest BCUT2D eigenvalue weighted by Crippen LogP contribution is -2.21. The number of aryl methyl sites for hydroxylation is 1. The minimum absolute atomic E-state index is 0.0449. The molecule has 0 saturated heterocycles. The summed E-state index contributed by atoms with van der Waals surface area (Å²) in [6.07, 6.45) is -3.23. The van der Waals surface area contributed by atoms with Crippen molar-refractivity contribution in [3.63, 3.8) is 0 Å². The Kier molecular flexibility index (Phi) is 3.70. The van der Waals surface area contributed by atoms with E-state index in [-0.39, 0.29) is 25.3 Å². The second-order valence-electron chi connectivity index (χ2n) is 3.04. The molecule has 0 amide bonds. The van der Waals surface area contributed by atoms with Crippen LogP contribution >= 0.6 is 0 Å². The largest absolute Gasteiger partial charge is 0.433 e. The fourth-order valence-corrected chi connectivity index (χ4v) is 1.28. The number of hydrogen-bond donors (Lipinski definition) is 2. The molecule has 0 atom stereocenters. The molecule has 1 aromatic rings. The van der Waals surface area contributed by atoms with E-state index in [1.54, 1.807) is 0 Å². The molecule has 86 valence electrons. The molecular weight excluding hydrogens is 211 g/mol. The van der Waals surface area contributed by atoms with Crippen molar-refractivity contribution in [2.45, 2.75) is 12.7 Å². The third-order valence-corrected chi connectivity index (χ3v) is 1.89. The molecule has 0 fully saturated rings. The molecule has 0 aliphatic heterocycles. The van der Waals surface area contributed by atoms with Gasteiger partial charge in [0.05, 0.1) is 12.8 Å². The van der Waals surface area contributed by atoms with Crippen LogP contribution in [0.15, 0.2) is 6.20 Å². The van der Waals surface area contributed by atoms with Gasteiger partial charge in [-0.05, 0) is 0 Å². The minimum Gasteiger partial charge on any atom is -0.395 e. The van der Waals surface area contributed by atoms with Gasteiger partial charge in [0.25, 0.3) is 0 Å². The Bertz CT molecular complexity index is 321. The summed E-state index contributed by atoms with van der Waals surface area (Å²) >= 11 is 0. The van der Waals surface area contributed by atoms with Crippen LogP contribution in [0, 0.1) is 0 Å². The van der Waals surface area contributed by atoms with Gasteiger partial charge in [-0.15, -0.1) is 0 Å². The number of aliphatic hydroxyl groups excluding tert-OH is 1. The van der Waals surface area contributed by atoms with Crippen molar-refractivity contribution in [3.8, 4) is 0 Å². The molecular formula is C8H12F3N3O. The quantitative estimate of drug-likeness (QED) is 0.732. The maximum atomic E-state index is 12.5. The van der Waals surface area contributed by atoms with Gasteiger partial charge in [0, 0.05) is 25.7 Å². The zero-order chi connectivity index (χ0) is 11.5. The van der Waals surface area contributed by atoms with Crippen molar-refractivity contribution < 1.29 is 18.3 Å². The second-order valence-corrected chi connectivity index (χ2v) is 3.04. The minimum atomic E-state index is -4.40. The first-order valence-corrected chi connectivity index (χ1v) is 4.36. The molecule has 0 aliphatic rings. The van der Waals surface area contributed by atoms with Crippen molar-refractivity contribution in [1.82, 2.24) is 15.1 Å². The van der Waals surface area contributed by atoms with E-state index in [0.717, 1.165) is 4.68 Å². The van der Waals surface area contributed by atoms with E-state index in [4.69, 9.17) is 5.11 Å². The summed E-state index contributed by atoms with van der Waals surface area (Å²) in [6, 6.07) is 0. The van der Waals surface area contributed by atoms with Gasteiger partial charge in [0.2, 0.25) is 0 Å². The summed E-state index contributed by atoms with van der Waals surface area (Å²) in [5.74, 6) is 0. The standard InChI is InChI=1S/C8H12F3N3O/c1-14-7(8(9,10)11)6(5-13-14)4-12-2-3-15/h5,12,15H,2-4H2,1H3. The van der Waals surface area contributed by atoms with Crippen molar-refractivity contribution in [2.75, 3.05) is 13.2 Å². The number of nitrogens with one attached hydrogen (secondary N) is 1. The number of aliphatic hydroxyl groups is 1. The maximum absolute atomic E-state index is 12.5. The van der Waals surface area contributed by atoms with Gasteiger partial charge in [-0.2, -0.15) is 18.3 Å². The van der Waals surface area contributed by atoms with Crippen LogP contribution in [-0.2, 0) is 19.8 Å². The normalized spacial score (nSPS) is 12.1. The number of halogens is 3. The molecule has 15 heavy (non-hydrogen) atoms. The van der Waals surface area contributed by atoms with E-state index in [2.05, 4.69) is 10.4 Å². The van der Waals surface area contributed by atoms with Crippen molar-refractivity contribution in [3.05, 3.63) is 17.5 Å². The van der Waals surface area contributed by atoms with Crippen molar-refractivity contribution in [2.24, 2.45) is 7.05 Å². The number of nitrogens with zero attached hydrogens (tertiary/aromatic N) is 2. The van der Waals surface area contributed by atoms with E-state index in [0.29, 0.717) is 0 Å². The molecule has 2 N–H and O–H groups in total. The smallest absolute Gasteiger partial charge is 0.395 e. The molecule has 7 heteroatoms. The highest BCUT2D eigenvalue weighted by Gasteiger charge is 2.36. The summed E-state index contributed by atoms with van der Waals surface area (Å²) in [4.78, 5) is 0. The Hall–Kier alpha value is -1.08. The van der Waals surface area contributed by atoms with Crippen molar-refractivity contribution >= 4 is 0 Å². The van der Waals surface area contributed by atoms with Gasteiger partial charge in [0.15, 0.2) is 0 Å². The molecule has 0 bridgehead atoms. The summed E-state index contributed by atoms with van der Waals surface area (Å²) in [5.41, 5.74) is -0.675. The molecule has 1 rings (SSSR count). The number of alkyl halides is 3. The van der Waals surface area contributed by atoms with E-state index in [9.17, 15) is 13.2 Å². The van der Waals surface area contributed by atoms with Crippen LogP contribution in [0.3, 0.4) is 0 Å². The number of aromatic nitrogens is 2. The van der Waals surface area contributed by atoms with E-state index < -0.39 is 11.9 Å². The predicted octanol–water partition coefficient (Wildman–Crippen LogP) is 0.521. The SMILES string of the molecule is Cn1ncc(CNCCO)c1C(F)(F)F. The van der Waals surface area contributed by atoms with E-state index >= 15 is 0 Å². The van der Waals surface area contributed by atoms with Crippen LogP contribution in [0.1, 0.15) is 11.3 Å². The lowest BCUT2D eigenvalue weighted by atomic mass is 10.2. The summed E-state index contributed by atoms with van der Waals surface area (Å²) in [5, 5.41) is 14.7. The Labute approximate surface area is 84.7 Å². The Morgan fingerprint density at radius 3 is 2.73 bits per heavy atom. The van der Waals surface area contributed by atoms with E-state index in [1.807, 2.05) is 0 Å². The topological polar surface area (TPSA) is 50.1 Å². The molecule has 0 radical (unpaired) electrons. The Morgan fingerprint density at radius 2 is 2.20 bits per heavy atom. The molecule has 0 spiro atoms. The molecule has 0 unspecified atom stereocenters. The van der Waals surface area contributed by atoms with Crippen LogP contribution in [0.2, 0.25) is 0 Å². The zero-order valence-electron chi connectivity index (χ0n) is 8.17. The highest BCUT2D eigenvalue weighted by Crippen LogP contribution is 2.31. The monoisotopic (exact) mass is 223 g/mol.